The van der Waals surface area contributed by atoms with Crippen LogP contribution in [0.3, 0.4) is 0 Å². The van der Waals surface area contributed by atoms with Crippen molar-refractivity contribution in [2.45, 2.75) is 13.0 Å². The third-order valence-electron chi connectivity index (χ3n) is 3.43. The number of hydrogen-bond donors (Lipinski definition) is 1. The Kier molecular flexibility index (Phi) is 4.96. The summed E-state index contributed by atoms with van der Waals surface area (Å²) < 4.78 is 13.1. The van der Waals surface area contributed by atoms with Crippen LogP contribution in [0.1, 0.15) is 13.0 Å². The monoisotopic (exact) mass is 379 g/mol. The van der Waals surface area contributed by atoms with Crippen molar-refractivity contribution in [1.29, 1.82) is 0 Å². The van der Waals surface area contributed by atoms with Crippen LogP contribution in [0.25, 0.3) is 11.4 Å². The van der Waals surface area contributed by atoms with E-state index >= 15 is 0 Å². The number of anilines is 1. The fourth-order valence-electron chi connectivity index (χ4n) is 2.07. The molecule has 3 aromatic rings. The van der Waals surface area contributed by atoms with Crippen molar-refractivity contribution in [2.24, 2.45) is 0 Å². The highest BCUT2D eigenvalue weighted by molar-refractivity contribution is 6.33. The van der Waals surface area contributed by atoms with E-state index in [1.165, 1.54) is 16.9 Å². The predicted molar refractivity (Wildman–Crippen MR) is 93.0 cm³/mol. The molecule has 0 bridgehead atoms. The number of aromatic nitrogens is 4. The number of rotatable bonds is 4. The Bertz CT molecular complexity index is 930. The Morgan fingerprint density at radius 2 is 2.04 bits per heavy atom. The van der Waals surface area contributed by atoms with E-state index < -0.39 is 17.8 Å². The van der Waals surface area contributed by atoms with Gasteiger partial charge in [0, 0.05) is 10.6 Å². The number of amides is 1. The van der Waals surface area contributed by atoms with Crippen molar-refractivity contribution >= 4 is 34.8 Å². The summed E-state index contributed by atoms with van der Waals surface area (Å²) in [6, 6.07) is 9.95. The molecule has 6 nitrogen and oxygen atoms in total. The minimum absolute atomic E-state index is 0.103. The molecule has 1 atom stereocenters. The largest absolute Gasteiger partial charge is 0.323 e. The molecule has 1 aromatic heterocycles. The van der Waals surface area contributed by atoms with E-state index in [1.54, 1.807) is 31.2 Å². The molecule has 9 heteroatoms. The second kappa shape index (κ2) is 7.16. The lowest BCUT2D eigenvalue weighted by molar-refractivity contribution is -0.119. The fourth-order valence-corrected chi connectivity index (χ4v) is 2.47. The van der Waals surface area contributed by atoms with Crippen molar-refractivity contribution in [2.75, 3.05) is 5.32 Å². The highest BCUT2D eigenvalue weighted by Gasteiger charge is 2.20. The molecule has 0 radical (unpaired) electrons. The topological polar surface area (TPSA) is 72.7 Å². The molecule has 1 amide bonds. The van der Waals surface area contributed by atoms with Crippen LogP contribution >= 0.6 is 23.2 Å². The van der Waals surface area contributed by atoms with Crippen LogP contribution in [0.2, 0.25) is 10.0 Å². The van der Waals surface area contributed by atoms with Gasteiger partial charge in [-0.1, -0.05) is 35.3 Å². The molecule has 0 fully saturated rings. The van der Waals surface area contributed by atoms with E-state index in [2.05, 4.69) is 20.7 Å². The third-order valence-corrected chi connectivity index (χ3v) is 3.97. The first-order valence-corrected chi connectivity index (χ1v) is 8.01. The van der Waals surface area contributed by atoms with E-state index in [9.17, 15) is 9.18 Å². The summed E-state index contributed by atoms with van der Waals surface area (Å²) in [5.41, 5.74) is 0.989. The quantitative estimate of drug-likeness (QED) is 0.743. The van der Waals surface area contributed by atoms with Crippen molar-refractivity contribution in [3.63, 3.8) is 0 Å². The van der Waals surface area contributed by atoms with Gasteiger partial charge in [-0.3, -0.25) is 4.79 Å². The Labute approximate surface area is 152 Å². The van der Waals surface area contributed by atoms with Gasteiger partial charge in [0.15, 0.2) is 0 Å². The maximum atomic E-state index is 13.1. The van der Waals surface area contributed by atoms with Crippen LogP contribution in [0.5, 0.6) is 0 Å². The van der Waals surface area contributed by atoms with Gasteiger partial charge in [-0.25, -0.2) is 4.39 Å². The average molecular weight is 380 g/mol. The molecule has 0 saturated carbocycles. The van der Waals surface area contributed by atoms with Gasteiger partial charge >= 0.3 is 0 Å². The van der Waals surface area contributed by atoms with Crippen LogP contribution in [-0.4, -0.2) is 26.1 Å². The fraction of sp³-hybridized carbons (Fsp3) is 0.125. The zero-order chi connectivity index (χ0) is 18.0. The summed E-state index contributed by atoms with van der Waals surface area (Å²) in [6.45, 7) is 1.61. The molecule has 3 rings (SSSR count). The smallest absolute Gasteiger partial charge is 0.250 e. The molecule has 0 aliphatic carbocycles. The summed E-state index contributed by atoms with van der Waals surface area (Å²) in [7, 11) is 0. The van der Waals surface area contributed by atoms with Gasteiger partial charge in [0.2, 0.25) is 5.82 Å². The molecule has 0 aliphatic rings. The van der Waals surface area contributed by atoms with E-state index in [1.807, 2.05) is 0 Å². The molecular weight excluding hydrogens is 368 g/mol. The average Bonchev–Trinajstić information content (AvgIpc) is 3.06. The molecule has 25 heavy (non-hydrogen) atoms. The summed E-state index contributed by atoms with van der Waals surface area (Å²) in [5, 5.41) is 15.3. The highest BCUT2D eigenvalue weighted by Crippen LogP contribution is 2.24. The van der Waals surface area contributed by atoms with E-state index in [0.717, 1.165) is 6.07 Å². The number of benzene rings is 2. The molecule has 0 saturated heterocycles. The van der Waals surface area contributed by atoms with Crippen molar-refractivity contribution < 1.29 is 9.18 Å². The van der Waals surface area contributed by atoms with Crippen LogP contribution < -0.4 is 5.32 Å². The molecule has 2 aromatic carbocycles. The van der Waals surface area contributed by atoms with E-state index in [-0.39, 0.29) is 5.02 Å². The first-order valence-electron chi connectivity index (χ1n) is 7.25. The van der Waals surface area contributed by atoms with Gasteiger partial charge < -0.3 is 5.32 Å². The van der Waals surface area contributed by atoms with Crippen LogP contribution in [0.4, 0.5) is 10.1 Å². The lowest BCUT2D eigenvalue weighted by Gasteiger charge is -2.11. The zero-order valence-corrected chi connectivity index (χ0v) is 14.5. The Balaban J connectivity index is 1.76. The number of halogens is 3. The highest BCUT2D eigenvalue weighted by atomic mass is 35.5. The van der Waals surface area contributed by atoms with Crippen LogP contribution in [0, 0.1) is 5.82 Å². The molecule has 0 aliphatic heterocycles. The SMILES string of the molecule is C[C@@H](C(=O)Nc1ccc(F)cc1Cl)n1nnc(-c2cccc(Cl)c2)n1. The van der Waals surface area contributed by atoms with Crippen molar-refractivity contribution in [1.82, 2.24) is 20.2 Å². The van der Waals surface area contributed by atoms with Crippen LogP contribution in [0.15, 0.2) is 42.5 Å². The van der Waals surface area contributed by atoms with Gasteiger partial charge in [-0.2, -0.15) is 4.80 Å². The number of tetrazole rings is 1. The first-order chi connectivity index (χ1) is 11.9. The minimum Gasteiger partial charge on any atom is -0.323 e. The number of carbonyl (C=O) groups is 1. The van der Waals surface area contributed by atoms with Crippen molar-refractivity contribution in [3.8, 4) is 11.4 Å². The number of nitrogens with one attached hydrogen (secondary N) is 1. The Hall–Kier alpha value is -2.51. The molecule has 1 heterocycles. The minimum atomic E-state index is -0.749. The standard InChI is InChI=1S/C16H12Cl2FN5O/c1-9(16(25)20-14-6-5-12(19)8-13(14)18)24-22-15(21-23-24)10-3-2-4-11(17)7-10/h2-9H,1H3,(H,20,25)/t9-/m0/s1. The molecule has 128 valence electrons. The lowest BCUT2D eigenvalue weighted by atomic mass is 10.2. The Morgan fingerprint density at radius 1 is 1.24 bits per heavy atom. The normalized spacial score (nSPS) is 12.0. The number of hydrogen-bond acceptors (Lipinski definition) is 4. The van der Waals surface area contributed by atoms with Crippen molar-refractivity contribution in [3.05, 3.63) is 58.3 Å². The first kappa shape index (κ1) is 17.3. The van der Waals surface area contributed by atoms with Gasteiger partial charge in [0.25, 0.3) is 5.91 Å². The molecule has 1 N–H and O–H groups in total. The number of carbonyl (C=O) groups excluding carboxylic acids is 1. The molecule has 0 spiro atoms. The second-order valence-corrected chi connectivity index (χ2v) is 6.08. The third kappa shape index (κ3) is 3.94. The van der Waals surface area contributed by atoms with Gasteiger partial charge in [0.05, 0.1) is 10.7 Å². The van der Waals surface area contributed by atoms with E-state index in [0.29, 0.717) is 22.1 Å². The summed E-state index contributed by atoms with van der Waals surface area (Å²) >= 11 is 11.9. The van der Waals surface area contributed by atoms with Gasteiger partial charge in [-0.05, 0) is 42.5 Å². The van der Waals surface area contributed by atoms with E-state index in [4.69, 9.17) is 23.2 Å². The summed E-state index contributed by atoms with van der Waals surface area (Å²) in [6.07, 6.45) is 0. The van der Waals surface area contributed by atoms with Gasteiger partial charge in [0.1, 0.15) is 11.9 Å². The zero-order valence-electron chi connectivity index (χ0n) is 12.9. The molecule has 0 unspecified atom stereocenters. The van der Waals surface area contributed by atoms with Gasteiger partial charge in [-0.15, -0.1) is 10.2 Å². The maximum absolute atomic E-state index is 13.1. The van der Waals surface area contributed by atoms with Crippen LogP contribution in [-0.2, 0) is 4.79 Å². The predicted octanol–water partition coefficient (Wildman–Crippen LogP) is 3.99. The summed E-state index contributed by atoms with van der Waals surface area (Å²) in [4.78, 5) is 13.5. The Morgan fingerprint density at radius 3 is 2.76 bits per heavy atom. The summed E-state index contributed by atoms with van der Waals surface area (Å²) in [5.74, 6) is -0.550. The lowest BCUT2D eigenvalue weighted by Crippen LogP contribution is -2.25. The number of nitrogens with zero attached hydrogens (tertiary/aromatic N) is 4. The molecular formula is C16H12Cl2FN5O. The maximum Gasteiger partial charge on any atom is 0.250 e. The second-order valence-electron chi connectivity index (χ2n) is 5.23.